The number of rotatable bonds is 3. The molecule has 4 rings (SSSR count). The van der Waals surface area contributed by atoms with Gasteiger partial charge in [0.05, 0.1) is 5.69 Å². The van der Waals surface area contributed by atoms with E-state index in [-0.39, 0.29) is 0 Å². The molecule has 25 heavy (non-hydrogen) atoms. The second-order valence-electron chi connectivity index (χ2n) is 7.02. The zero-order valence-corrected chi connectivity index (χ0v) is 15.0. The van der Waals surface area contributed by atoms with E-state index in [4.69, 9.17) is 0 Å². The fourth-order valence-electron chi connectivity index (χ4n) is 3.57. The molecular weight excluding hydrogens is 302 g/mol. The van der Waals surface area contributed by atoms with Gasteiger partial charge in [0.1, 0.15) is 0 Å². The molecule has 4 aromatic rings. The molecule has 3 aromatic carbocycles. The van der Waals surface area contributed by atoms with Crippen LogP contribution >= 0.6 is 0 Å². The highest BCUT2D eigenvalue weighted by Crippen LogP contribution is 2.39. The van der Waals surface area contributed by atoms with E-state index in [0.717, 1.165) is 0 Å². The first-order chi connectivity index (χ1) is 12.1. The minimum absolute atomic E-state index is 0.549. The Bertz CT molecular complexity index is 1010. The highest BCUT2D eigenvalue weighted by Gasteiger charge is 2.16. The fourth-order valence-corrected chi connectivity index (χ4v) is 3.57. The van der Waals surface area contributed by atoms with E-state index >= 15 is 0 Å². The number of H-pyrrole nitrogens is 1. The maximum Gasteiger partial charge on any atom is 0.0544 e. The average Bonchev–Trinajstić information content (AvgIpc) is 3.03. The first-order valence-electron chi connectivity index (χ1n) is 8.92. The van der Waals surface area contributed by atoms with E-state index in [1.807, 2.05) is 0 Å². The Kier molecular flexibility index (Phi) is 3.93. The molecule has 0 amide bonds. The fraction of sp³-hybridized carbons (Fsp3) is 0.167. The second-order valence-corrected chi connectivity index (χ2v) is 7.02. The van der Waals surface area contributed by atoms with Gasteiger partial charge in [-0.25, -0.2) is 0 Å². The molecule has 0 spiro atoms. The standard InChI is InChI=1S/C24H23N/c1-16(2)18-12-14-20(15-13-18)24-23(19-9-5-4-6-10-19)22-17(3)8-7-11-21(22)25-24/h4-16,25H,1-3H3. The molecule has 1 heteroatoms. The lowest BCUT2D eigenvalue weighted by molar-refractivity contribution is 0.867. The summed E-state index contributed by atoms with van der Waals surface area (Å²) in [7, 11) is 0. The van der Waals surface area contributed by atoms with E-state index in [9.17, 15) is 0 Å². The zero-order chi connectivity index (χ0) is 17.4. The molecular formula is C24H23N. The van der Waals surface area contributed by atoms with Crippen LogP contribution in [0.4, 0.5) is 0 Å². The van der Waals surface area contributed by atoms with Crippen LogP contribution in [0.25, 0.3) is 33.3 Å². The van der Waals surface area contributed by atoms with Crippen LogP contribution in [0.3, 0.4) is 0 Å². The summed E-state index contributed by atoms with van der Waals surface area (Å²) < 4.78 is 0. The van der Waals surface area contributed by atoms with Crippen molar-refractivity contribution in [1.82, 2.24) is 4.98 Å². The number of hydrogen-bond acceptors (Lipinski definition) is 0. The van der Waals surface area contributed by atoms with E-state index in [1.165, 1.54) is 44.4 Å². The van der Waals surface area contributed by atoms with Gasteiger partial charge >= 0.3 is 0 Å². The normalized spacial score (nSPS) is 11.4. The van der Waals surface area contributed by atoms with Crippen molar-refractivity contribution in [2.45, 2.75) is 26.7 Å². The van der Waals surface area contributed by atoms with Gasteiger partial charge in [-0.05, 0) is 41.2 Å². The molecule has 1 heterocycles. The van der Waals surface area contributed by atoms with Gasteiger partial charge in [-0.15, -0.1) is 0 Å². The Morgan fingerprint density at radius 2 is 1.44 bits per heavy atom. The summed E-state index contributed by atoms with van der Waals surface area (Å²) in [6, 6.07) is 26.1. The summed E-state index contributed by atoms with van der Waals surface area (Å²) in [6.45, 7) is 6.65. The van der Waals surface area contributed by atoms with Crippen LogP contribution < -0.4 is 0 Å². The lowest BCUT2D eigenvalue weighted by Crippen LogP contribution is -1.88. The maximum absolute atomic E-state index is 3.67. The molecule has 0 fully saturated rings. The highest BCUT2D eigenvalue weighted by atomic mass is 14.7. The van der Waals surface area contributed by atoms with Crippen molar-refractivity contribution < 1.29 is 0 Å². The van der Waals surface area contributed by atoms with Crippen LogP contribution in [0.1, 0.15) is 30.9 Å². The zero-order valence-electron chi connectivity index (χ0n) is 15.0. The Morgan fingerprint density at radius 3 is 2.12 bits per heavy atom. The Morgan fingerprint density at radius 1 is 0.720 bits per heavy atom. The van der Waals surface area contributed by atoms with Gasteiger partial charge in [-0.3, -0.25) is 0 Å². The number of aromatic nitrogens is 1. The van der Waals surface area contributed by atoms with Gasteiger partial charge < -0.3 is 4.98 Å². The minimum atomic E-state index is 0.549. The summed E-state index contributed by atoms with van der Waals surface area (Å²) in [5.74, 6) is 0.549. The third-order valence-corrected chi connectivity index (χ3v) is 4.96. The van der Waals surface area contributed by atoms with E-state index in [0.29, 0.717) is 5.92 Å². The average molecular weight is 325 g/mol. The summed E-state index contributed by atoms with van der Waals surface area (Å²) >= 11 is 0. The van der Waals surface area contributed by atoms with Gasteiger partial charge in [0.25, 0.3) is 0 Å². The molecule has 0 aliphatic rings. The quantitative estimate of drug-likeness (QED) is 0.420. The van der Waals surface area contributed by atoms with Crippen LogP contribution in [-0.4, -0.2) is 4.98 Å². The molecule has 0 aliphatic heterocycles. The van der Waals surface area contributed by atoms with Gasteiger partial charge in [-0.2, -0.15) is 0 Å². The molecule has 0 saturated heterocycles. The summed E-state index contributed by atoms with van der Waals surface area (Å²) in [4.78, 5) is 3.67. The highest BCUT2D eigenvalue weighted by molar-refractivity contribution is 6.05. The molecule has 0 bridgehead atoms. The number of aryl methyl sites for hydroxylation is 1. The van der Waals surface area contributed by atoms with E-state index in [2.05, 4.69) is 98.6 Å². The van der Waals surface area contributed by atoms with E-state index in [1.54, 1.807) is 0 Å². The number of fused-ring (bicyclic) bond motifs is 1. The molecule has 124 valence electrons. The SMILES string of the molecule is Cc1cccc2[nH]c(-c3ccc(C(C)C)cc3)c(-c3ccccc3)c12. The van der Waals surface area contributed by atoms with Crippen LogP contribution in [-0.2, 0) is 0 Å². The summed E-state index contributed by atoms with van der Waals surface area (Å²) in [5.41, 5.74) is 8.86. The van der Waals surface area contributed by atoms with Gasteiger partial charge in [0, 0.05) is 16.5 Å². The monoisotopic (exact) mass is 325 g/mol. The second kappa shape index (κ2) is 6.25. The van der Waals surface area contributed by atoms with Gasteiger partial charge in [-0.1, -0.05) is 80.6 Å². The van der Waals surface area contributed by atoms with Crippen molar-refractivity contribution >= 4 is 10.9 Å². The van der Waals surface area contributed by atoms with E-state index < -0.39 is 0 Å². The van der Waals surface area contributed by atoms with Crippen molar-refractivity contribution in [3.05, 3.63) is 83.9 Å². The van der Waals surface area contributed by atoms with Crippen LogP contribution in [0.5, 0.6) is 0 Å². The Balaban J connectivity index is 1.99. The molecule has 0 aliphatic carbocycles. The van der Waals surface area contributed by atoms with Crippen LogP contribution in [0, 0.1) is 6.92 Å². The minimum Gasteiger partial charge on any atom is -0.354 e. The van der Waals surface area contributed by atoms with Crippen molar-refractivity contribution in [3.63, 3.8) is 0 Å². The van der Waals surface area contributed by atoms with Crippen molar-refractivity contribution in [3.8, 4) is 22.4 Å². The number of aromatic amines is 1. The van der Waals surface area contributed by atoms with Crippen molar-refractivity contribution in [2.24, 2.45) is 0 Å². The Labute approximate surface area is 149 Å². The molecule has 0 radical (unpaired) electrons. The third kappa shape index (κ3) is 2.76. The molecule has 1 N–H and O–H groups in total. The Hall–Kier alpha value is -2.80. The van der Waals surface area contributed by atoms with Crippen molar-refractivity contribution in [1.29, 1.82) is 0 Å². The largest absolute Gasteiger partial charge is 0.354 e. The van der Waals surface area contributed by atoms with Crippen molar-refractivity contribution in [2.75, 3.05) is 0 Å². The summed E-state index contributed by atoms with van der Waals surface area (Å²) in [5, 5.41) is 1.32. The lowest BCUT2D eigenvalue weighted by atomic mass is 9.95. The van der Waals surface area contributed by atoms with Crippen LogP contribution in [0.2, 0.25) is 0 Å². The number of benzene rings is 3. The number of hydrogen-bond donors (Lipinski definition) is 1. The predicted octanol–water partition coefficient (Wildman–Crippen LogP) is 6.93. The third-order valence-electron chi connectivity index (χ3n) is 4.96. The first-order valence-corrected chi connectivity index (χ1v) is 8.92. The number of nitrogens with one attached hydrogen (secondary N) is 1. The van der Waals surface area contributed by atoms with Gasteiger partial charge in [0.15, 0.2) is 0 Å². The smallest absolute Gasteiger partial charge is 0.0544 e. The molecule has 0 atom stereocenters. The van der Waals surface area contributed by atoms with Crippen LogP contribution in [0.15, 0.2) is 72.8 Å². The molecule has 0 saturated carbocycles. The maximum atomic E-state index is 3.67. The molecule has 1 aromatic heterocycles. The molecule has 1 nitrogen and oxygen atoms in total. The molecule has 0 unspecified atom stereocenters. The summed E-state index contributed by atoms with van der Waals surface area (Å²) in [6.07, 6.45) is 0. The topological polar surface area (TPSA) is 15.8 Å². The van der Waals surface area contributed by atoms with Gasteiger partial charge in [0.2, 0.25) is 0 Å². The lowest BCUT2D eigenvalue weighted by Gasteiger charge is -2.09. The first kappa shape index (κ1) is 15.7. The predicted molar refractivity (Wildman–Crippen MR) is 108 cm³/mol.